The Labute approximate surface area is 104 Å². The minimum absolute atomic E-state index is 0.0164. The maximum atomic E-state index is 11.4. The molecule has 2 rings (SSSR count). The van der Waals surface area contributed by atoms with Gasteiger partial charge in [-0.25, -0.2) is 4.79 Å². The summed E-state index contributed by atoms with van der Waals surface area (Å²) >= 11 is 0. The van der Waals surface area contributed by atoms with Crippen LogP contribution in [0.15, 0.2) is 29.8 Å². The van der Waals surface area contributed by atoms with Crippen molar-refractivity contribution in [2.45, 2.75) is 6.92 Å². The van der Waals surface area contributed by atoms with E-state index in [2.05, 4.69) is 9.72 Å². The Morgan fingerprint density at radius 3 is 2.94 bits per heavy atom. The number of carbonyl (C=O) groups excluding carboxylic acids is 1. The van der Waals surface area contributed by atoms with E-state index in [0.717, 1.165) is 22.2 Å². The quantitative estimate of drug-likeness (QED) is 0.498. The number of aryl methyl sites for hydroxylation is 1. The van der Waals surface area contributed by atoms with Crippen LogP contribution in [0, 0.1) is 18.3 Å². The van der Waals surface area contributed by atoms with E-state index in [-0.39, 0.29) is 5.57 Å². The number of methoxy groups -OCH3 is 1. The van der Waals surface area contributed by atoms with Crippen LogP contribution in [-0.2, 0) is 9.53 Å². The highest BCUT2D eigenvalue weighted by atomic mass is 16.5. The van der Waals surface area contributed by atoms with Gasteiger partial charge in [-0.2, -0.15) is 5.26 Å². The topological polar surface area (TPSA) is 65.9 Å². The normalized spacial score (nSPS) is 11.3. The van der Waals surface area contributed by atoms with Crippen molar-refractivity contribution < 1.29 is 9.53 Å². The molecule has 4 heteroatoms. The van der Waals surface area contributed by atoms with E-state index < -0.39 is 5.97 Å². The molecule has 0 atom stereocenters. The first-order valence-electron chi connectivity index (χ1n) is 5.44. The lowest BCUT2D eigenvalue weighted by atomic mass is 10.1. The Kier molecular flexibility index (Phi) is 3.16. The van der Waals surface area contributed by atoms with Crippen LogP contribution in [0.4, 0.5) is 0 Å². The lowest BCUT2D eigenvalue weighted by molar-refractivity contribution is -0.135. The molecule has 0 radical (unpaired) electrons. The number of nitrogens with zero attached hydrogens (tertiary/aromatic N) is 1. The number of H-pyrrole nitrogens is 1. The molecular formula is C14H12N2O2. The molecule has 0 fully saturated rings. The molecule has 0 bridgehead atoms. The first-order chi connectivity index (χ1) is 8.65. The summed E-state index contributed by atoms with van der Waals surface area (Å²) in [6.45, 7) is 1.96. The van der Waals surface area contributed by atoms with Crippen molar-refractivity contribution in [1.29, 1.82) is 5.26 Å². The Morgan fingerprint density at radius 2 is 2.28 bits per heavy atom. The fourth-order valence-corrected chi connectivity index (χ4v) is 1.84. The second-order valence-electron chi connectivity index (χ2n) is 3.93. The van der Waals surface area contributed by atoms with E-state index in [0.29, 0.717) is 0 Å². The van der Waals surface area contributed by atoms with Gasteiger partial charge in [-0.15, -0.1) is 0 Å². The Bertz CT molecular complexity index is 675. The number of esters is 1. The summed E-state index contributed by atoms with van der Waals surface area (Å²) in [5.74, 6) is -0.627. The number of ether oxygens (including phenoxy) is 1. The Balaban J connectivity index is 2.58. The summed E-state index contributed by atoms with van der Waals surface area (Å²) in [5.41, 5.74) is 2.72. The maximum Gasteiger partial charge on any atom is 0.348 e. The smallest absolute Gasteiger partial charge is 0.348 e. The molecule has 0 saturated heterocycles. The SMILES string of the molecule is COC(=O)/C(C#N)=C\c1cccc2cc(C)[nH]c12. The van der Waals surface area contributed by atoms with Gasteiger partial charge in [0.05, 0.1) is 12.6 Å². The molecule has 0 spiro atoms. The molecule has 2 aromatic rings. The highest BCUT2D eigenvalue weighted by Gasteiger charge is 2.10. The zero-order valence-electron chi connectivity index (χ0n) is 10.2. The molecule has 0 unspecified atom stereocenters. The Hall–Kier alpha value is -2.54. The van der Waals surface area contributed by atoms with Gasteiger partial charge in [-0.3, -0.25) is 0 Å². The zero-order chi connectivity index (χ0) is 13.1. The second kappa shape index (κ2) is 4.76. The molecule has 1 aromatic carbocycles. The minimum atomic E-state index is -0.627. The lowest BCUT2D eigenvalue weighted by Gasteiger charge is -1.99. The third-order valence-electron chi connectivity index (χ3n) is 2.65. The molecule has 0 aliphatic carbocycles. The number of para-hydroxylation sites is 1. The van der Waals surface area contributed by atoms with Crippen molar-refractivity contribution in [3.8, 4) is 6.07 Å². The van der Waals surface area contributed by atoms with Crippen molar-refractivity contribution in [3.63, 3.8) is 0 Å². The van der Waals surface area contributed by atoms with E-state index in [4.69, 9.17) is 5.26 Å². The zero-order valence-corrected chi connectivity index (χ0v) is 10.2. The molecule has 0 aliphatic heterocycles. The van der Waals surface area contributed by atoms with Crippen LogP contribution >= 0.6 is 0 Å². The first-order valence-corrected chi connectivity index (χ1v) is 5.44. The molecule has 1 N–H and O–H groups in total. The van der Waals surface area contributed by atoms with E-state index in [1.165, 1.54) is 13.2 Å². The van der Waals surface area contributed by atoms with Gasteiger partial charge in [0.1, 0.15) is 11.6 Å². The molecule has 0 aliphatic rings. The summed E-state index contributed by atoms with van der Waals surface area (Å²) in [6, 6.07) is 9.56. The van der Waals surface area contributed by atoms with Crippen LogP contribution in [0.25, 0.3) is 17.0 Å². The lowest BCUT2D eigenvalue weighted by Crippen LogP contribution is -2.02. The summed E-state index contributed by atoms with van der Waals surface area (Å²) < 4.78 is 4.55. The summed E-state index contributed by atoms with van der Waals surface area (Å²) in [7, 11) is 1.26. The van der Waals surface area contributed by atoms with Crippen molar-refractivity contribution >= 4 is 22.9 Å². The largest absolute Gasteiger partial charge is 0.465 e. The maximum absolute atomic E-state index is 11.4. The van der Waals surface area contributed by atoms with Crippen molar-refractivity contribution in [3.05, 3.63) is 41.1 Å². The summed E-state index contributed by atoms with van der Waals surface area (Å²) in [4.78, 5) is 14.6. The van der Waals surface area contributed by atoms with Gasteiger partial charge >= 0.3 is 5.97 Å². The van der Waals surface area contributed by atoms with E-state index in [1.807, 2.05) is 37.3 Å². The average molecular weight is 240 g/mol. The Morgan fingerprint density at radius 1 is 1.50 bits per heavy atom. The number of nitriles is 1. The second-order valence-corrected chi connectivity index (χ2v) is 3.93. The van der Waals surface area contributed by atoms with Crippen LogP contribution in [0.5, 0.6) is 0 Å². The van der Waals surface area contributed by atoms with E-state index >= 15 is 0 Å². The fourth-order valence-electron chi connectivity index (χ4n) is 1.84. The van der Waals surface area contributed by atoms with E-state index in [9.17, 15) is 4.79 Å². The molecular weight excluding hydrogens is 228 g/mol. The van der Waals surface area contributed by atoms with Crippen LogP contribution in [0.2, 0.25) is 0 Å². The van der Waals surface area contributed by atoms with E-state index in [1.54, 1.807) is 0 Å². The molecule has 18 heavy (non-hydrogen) atoms. The number of nitrogens with one attached hydrogen (secondary N) is 1. The van der Waals surface area contributed by atoms with Gasteiger partial charge in [-0.05, 0) is 19.1 Å². The summed E-state index contributed by atoms with van der Waals surface area (Å²) in [6.07, 6.45) is 1.53. The number of rotatable bonds is 2. The monoisotopic (exact) mass is 240 g/mol. The highest BCUT2D eigenvalue weighted by Crippen LogP contribution is 2.21. The number of benzene rings is 1. The predicted molar refractivity (Wildman–Crippen MR) is 68.6 cm³/mol. The van der Waals surface area contributed by atoms with Crippen molar-refractivity contribution in [2.24, 2.45) is 0 Å². The third-order valence-corrected chi connectivity index (χ3v) is 2.65. The highest BCUT2D eigenvalue weighted by molar-refractivity contribution is 6.00. The molecule has 0 saturated carbocycles. The number of carbonyl (C=O) groups is 1. The fraction of sp³-hybridized carbons (Fsp3) is 0.143. The van der Waals surface area contributed by atoms with Gasteiger partial charge < -0.3 is 9.72 Å². The van der Waals surface area contributed by atoms with Gasteiger partial charge in [0.2, 0.25) is 0 Å². The van der Waals surface area contributed by atoms with Gasteiger partial charge in [0, 0.05) is 16.6 Å². The third kappa shape index (κ3) is 2.11. The van der Waals surface area contributed by atoms with Gasteiger partial charge in [-0.1, -0.05) is 18.2 Å². The van der Waals surface area contributed by atoms with Gasteiger partial charge in [0.25, 0.3) is 0 Å². The average Bonchev–Trinajstić information content (AvgIpc) is 2.76. The number of aromatic nitrogens is 1. The molecule has 1 heterocycles. The van der Waals surface area contributed by atoms with Crippen LogP contribution in [-0.4, -0.2) is 18.1 Å². The first kappa shape index (κ1) is 11.9. The molecule has 1 aromatic heterocycles. The van der Waals surface area contributed by atoms with Crippen LogP contribution in [0.1, 0.15) is 11.3 Å². The van der Waals surface area contributed by atoms with Crippen LogP contribution in [0.3, 0.4) is 0 Å². The molecule has 4 nitrogen and oxygen atoms in total. The van der Waals surface area contributed by atoms with Gasteiger partial charge in [0.15, 0.2) is 0 Å². The number of fused-ring (bicyclic) bond motifs is 1. The number of hydrogen-bond acceptors (Lipinski definition) is 3. The van der Waals surface area contributed by atoms with Crippen molar-refractivity contribution in [2.75, 3.05) is 7.11 Å². The predicted octanol–water partition coefficient (Wildman–Crippen LogP) is 2.56. The summed E-state index contributed by atoms with van der Waals surface area (Å²) in [5, 5.41) is 9.98. The minimum Gasteiger partial charge on any atom is -0.465 e. The molecule has 0 amide bonds. The van der Waals surface area contributed by atoms with Crippen LogP contribution < -0.4 is 0 Å². The number of aromatic amines is 1. The number of hydrogen-bond donors (Lipinski definition) is 1. The standard InChI is InChI=1S/C14H12N2O2/c1-9-6-10-4-3-5-11(13(10)16-9)7-12(8-15)14(17)18-2/h3-7,16H,1-2H3/b12-7-. The molecule has 90 valence electrons. The van der Waals surface area contributed by atoms with Crippen molar-refractivity contribution in [1.82, 2.24) is 4.98 Å².